The summed E-state index contributed by atoms with van der Waals surface area (Å²) in [6, 6.07) is 8.58. The van der Waals surface area contributed by atoms with Crippen LogP contribution in [0.25, 0.3) is 6.08 Å². The molecule has 0 saturated heterocycles. The van der Waals surface area contributed by atoms with Crippen LogP contribution in [0.2, 0.25) is 5.02 Å². The number of amides is 2. The molecule has 2 amide bonds. The molecular weight excluding hydrogens is 432 g/mol. The third kappa shape index (κ3) is 6.02. The second-order valence-corrected chi connectivity index (χ2v) is 7.74. The Bertz CT molecular complexity index is 1020. The number of methoxy groups -OCH3 is 1. The molecule has 1 unspecified atom stereocenters. The molecule has 0 aromatic heterocycles. The normalized spacial score (nSPS) is 14.7. The second kappa shape index (κ2) is 11.0. The smallest absolute Gasteiger partial charge is 0.252 e. The molecule has 3 rings (SSSR count). The minimum absolute atomic E-state index is 0.122. The first-order valence-electron chi connectivity index (χ1n) is 10.4. The molecule has 1 heterocycles. The molecule has 8 heteroatoms. The highest BCUT2D eigenvalue weighted by atomic mass is 35.5. The van der Waals surface area contributed by atoms with Gasteiger partial charge in [-0.2, -0.15) is 0 Å². The zero-order chi connectivity index (χ0) is 23.1. The Labute approximate surface area is 192 Å². The van der Waals surface area contributed by atoms with Crippen LogP contribution in [0.5, 0.6) is 11.5 Å². The lowest BCUT2D eigenvalue weighted by atomic mass is 10.1. The Kier molecular flexibility index (Phi) is 8.14. The van der Waals surface area contributed by atoms with Crippen LogP contribution >= 0.6 is 11.6 Å². The number of fused-ring (bicyclic) bond motifs is 1. The van der Waals surface area contributed by atoms with E-state index in [9.17, 15) is 9.59 Å². The molecule has 2 aromatic rings. The zero-order valence-electron chi connectivity index (χ0n) is 18.4. The summed E-state index contributed by atoms with van der Waals surface area (Å²) in [5.74, 6) is 0.879. The summed E-state index contributed by atoms with van der Waals surface area (Å²) >= 11 is 6.22. The maximum absolute atomic E-state index is 12.4. The molecule has 32 heavy (non-hydrogen) atoms. The van der Waals surface area contributed by atoms with Crippen molar-refractivity contribution in [1.29, 1.82) is 0 Å². The quantitative estimate of drug-likeness (QED) is 0.436. The molecular formula is C24H27ClN2O5. The van der Waals surface area contributed by atoms with Crippen LogP contribution < -0.4 is 20.1 Å². The van der Waals surface area contributed by atoms with Crippen molar-refractivity contribution in [2.24, 2.45) is 0 Å². The first-order valence-corrected chi connectivity index (χ1v) is 10.8. The van der Waals surface area contributed by atoms with Gasteiger partial charge < -0.3 is 24.8 Å². The monoisotopic (exact) mass is 458 g/mol. The van der Waals surface area contributed by atoms with Gasteiger partial charge in [0.2, 0.25) is 5.91 Å². The molecule has 0 aliphatic carbocycles. The first kappa shape index (κ1) is 23.6. The Morgan fingerprint density at radius 3 is 2.81 bits per heavy atom. The number of anilines is 1. The molecule has 2 N–H and O–H groups in total. The largest absolute Gasteiger partial charge is 0.493 e. The van der Waals surface area contributed by atoms with E-state index in [1.54, 1.807) is 25.3 Å². The zero-order valence-corrected chi connectivity index (χ0v) is 19.1. The van der Waals surface area contributed by atoms with E-state index >= 15 is 0 Å². The predicted molar refractivity (Wildman–Crippen MR) is 125 cm³/mol. The molecule has 0 spiro atoms. The Morgan fingerprint density at radius 1 is 1.28 bits per heavy atom. The van der Waals surface area contributed by atoms with Crippen LogP contribution in [-0.4, -0.2) is 44.8 Å². The standard InChI is InChI=1S/C24H27ClN2O5/c1-4-31-21-13-17-11-15(2)32-22(17)12-16(21)5-8-23(28)27-18-6-7-19(20(25)14-18)24(29)26-9-10-30-3/h5-8,12-15H,4,9-11H2,1-3H3,(H,26,29)(H,27,28). The first-order chi connectivity index (χ1) is 15.4. The number of hydrogen-bond acceptors (Lipinski definition) is 5. The van der Waals surface area contributed by atoms with Crippen molar-refractivity contribution in [2.45, 2.75) is 26.4 Å². The third-order valence-electron chi connectivity index (χ3n) is 4.82. The molecule has 0 saturated carbocycles. The lowest BCUT2D eigenvalue weighted by Gasteiger charge is -2.10. The highest BCUT2D eigenvalue weighted by Crippen LogP contribution is 2.35. The van der Waals surface area contributed by atoms with E-state index in [0.29, 0.717) is 36.8 Å². The minimum atomic E-state index is -0.337. The number of carbonyl (C=O) groups excluding carboxylic acids is 2. The number of benzene rings is 2. The third-order valence-corrected chi connectivity index (χ3v) is 5.13. The molecule has 1 aliphatic rings. The van der Waals surface area contributed by atoms with E-state index < -0.39 is 0 Å². The van der Waals surface area contributed by atoms with Crippen molar-refractivity contribution in [3.8, 4) is 11.5 Å². The summed E-state index contributed by atoms with van der Waals surface area (Å²) in [5.41, 5.74) is 2.67. The van der Waals surface area contributed by atoms with Gasteiger partial charge in [0.15, 0.2) is 0 Å². The van der Waals surface area contributed by atoms with Crippen molar-refractivity contribution >= 4 is 35.2 Å². The lowest BCUT2D eigenvalue weighted by molar-refractivity contribution is -0.111. The van der Waals surface area contributed by atoms with Crippen LogP contribution in [0.15, 0.2) is 36.4 Å². The molecule has 7 nitrogen and oxygen atoms in total. The number of nitrogens with one attached hydrogen (secondary N) is 2. The van der Waals surface area contributed by atoms with E-state index in [2.05, 4.69) is 10.6 Å². The van der Waals surface area contributed by atoms with Gasteiger partial charge in [0.1, 0.15) is 17.6 Å². The topological polar surface area (TPSA) is 85.9 Å². The number of halogens is 1. The number of hydrogen-bond donors (Lipinski definition) is 2. The Morgan fingerprint density at radius 2 is 2.09 bits per heavy atom. The molecule has 0 fully saturated rings. The molecule has 1 atom stereocenters. The fraction of sp³-hybridized carbons (Fsp3) is 0.333. The van der Waals surface area contributed by atoms with Crippen molar-refractivity contribution in [3.63, 3.8) is 0 Å². The van der Waals surface area contributed by atoms with E-state index in [1.807, 2.05) is 26.0 Å². The van der Waals surface area contributed by atoms with Crippen molar-refractivity contribution < 1.29 is 23.8 Å². The van der Waals surface area contributed by atoms with E-state index in [1.165, 1.54) is 12.1 Å². The maximum atomic E-state index is 12.4. The molecule has 170 valence electrons. The molecule has 1 aliphatic heterocycles. The van der Waals surface area contributed by atoms with Crippen LogP contribution in [0, 0.1) is 0 Å². The van der Waals surface area contributed by atoms with E-state index in [0.717, 1.165) is 23.3 Å². The fourth-order valence-corrected chi connectivity index (χ4v) is 3.62. The van der Waals surface area contributed by atoms with Gasteiger partial charge in [-0.1, -0.05) is 11.6 Å². The number of rotatable bonds is 9. The van der Waals surface area contributed by atoms with Crippen molar-refractivity contribution in [1.82, 2.24) is 5.32 Å². The number of ether oxygens (including phenoxy) is 3. The van der Waals surface area contributed by atoms with Gasteiger partial charge >= 0.3 is 0 Å². The summed E-state index contributed by atoms with van der Waals surface area (Å²) < 4.78 is 16.5. The van der Waals surface area contributed by atoms with Gasteiger partial charge in [-0.15, -0.1) is 0 Å². The average Bonchev–Trinajstić information content (AvgIpc) is 3.11. The highest BCUT2D eigenvalue weighted by Gasteiger charge is 2.21. The molecule has 0 radical (unpaired) electrons. The van der Waals surface area contributed by atoms with Crippen LogP contribution in [-0.2, 0) is 16.0 Å². The maximum Gasteiger partial charge on any atom is 0.252 e. The van der Waals surface area contributed by atoms with Gasteiger partial charge in [-0.3, -0.25) is 9.59 Å². The Hall–Kier alpha value is -3.03. The van der Waals surface area contributed by atoms with Crippen molar-refractivity contribution in [3.05, 3.63) is 58.1 Å². The van der Waals surface area contributed by atoms with Crippen molar-refractivity contribution in [2.75, 3.05) is 32.2 Å². The molecule has 2 aromatic carbocycles. The average molecular weight is 459 g/mol. The number of carbonyl (C=O) groups is 2. The predicted octanol–water partition coefficient (Wildman–Crippen LogP) is 4.09. The Balaban J connectivity index is 1.67. The summed E-state index contributed by atoms with van der Waals surface area (Å²) in [4.78, 5) is 24.6. The van der Waals surface area contributed by atoms with Gasteiger partial charge in [0.25, 0.3) is 5.91 Å². The van der Waals surface area contributed by atoms with Gasteiger partial charge in [-0.05, 0) is 50.3 Å². The van der Waals surface area contributed by atoms with E-state index in [-0.39, 0.29) is 22.9 Å². The van der Waals surface area contributed by atoms with Crippen LogP contribution in [0.1, 0.15) is 35.3 Å². The van der Waals surface area contributed by atoms with E-state index in [4.69, 9.17) is 25.8 Å². The summed E-state index contributed by atoms with van der Waals surface area (Å²) in [7, 11) is 1.56. The molecule has 0 bridgehead atoms. The van der Waals surface area contributed by atoms with Crippen LogP contribution in [0.3, 0.4) is 0 Å². The van der Waals surface area contributed by atoms with Gasteiger partial charge in [0, 0.05) is 43.0 Å². The fourth-order valence-electron chi connectivity index (χ4n) is 3.35. The summed E-state index contributed by atoms with van der Waals surface area (Å²) in [6.07, 6.45) is 4.06. The van der Waals surface area contributed by atoms with Crippen LogP contribution in [0.4, 0.5) is 5.69 Å². The van der Waals surface area contributed by atoms with Gasteiger partial charge in [0.05, 0.1) is 23.8 Å². The highest BCUT2D eigenvalue weighted by molar-refractivity contribution is 6.34. The summed E-state index contributed by atoms with van der Waals surface area (Å²) in [6.45, 7) is 5.24. The van der Waals surface area contributed by atoms with Gasteiger partial charge in [-0.25, -0.2) is 0 Å². The minimum Gasteiger partial charge on any atom is -0.493 e. The summed E-state index contributed by atoms with van der Waals surface area (Å²) in [5, 5.41) is 5.70. The lowest BCUT2D eigenvalue weighted by Crippen LogP contribution is -2.27. The second-order valence-electron chi connectivity index (χ2n) is 7.33. The SMILES string of the molecule is CCOc1cc2c(cc1C=CC(=O)Nc1ccc(C(=O)NCCOC)c(Cl)c1)OC(C)C2.